The molecule has 0 spiro atoms. The van der Waals surface area contributed by atoms with Crippen molar-refractivity contribution in [3.63, 3.8) is 0 Å². The predicted octanol–water partition coefficient (Wildman–Crippen LogP) is 3.10. The van der Waals surface area contributed by atoms with Crippen LogP contribution in [0, 0.1) is 11.3 Å². The molecule has 1 heterocycles. The van der Waals surface area contributed by atoms with E-state index in [1.54, 1.807) is 0 Å². The summed E-state index contributed by atoms with van der Waals surface area (Å²) in [4.78, 5) is 12.7. The van der Waals surface area contributed by atoms with Crippen LogP contribution in [0.5, 0.6) is 0 Å². The van der Waals surface area contributed by atoms with Gasteiger partial charge in [0.25, 0.3) is 0 Å². The van der Waals surface area contributed by atoms with Crippen molar-refractivity contribution in [1.82, 2.24) is 10.6 Å². The maximum atomic E-state index is 12.7. The lowest BCUT2D eigenvalue weighted by Crippen LogP contribution is -2.53. The molecular weight excluding hydrogens is 236 g/mol. The van der Waals surface area contributed by atoms with E-state index in [1.165, 1.54) is 0 Å². The van der Waals surface area contributed by atoms with Crippen molar-refractivity contribution in [2.75, 3.05) is 13.1 Å². The fraction of sp³-hybridized carbons (Fsp3) is 0.938. The summed E-state index contributed by atoms with van der Waals surface area (Å²) in [5.74, 6) is 0.875. The molecule has 0 aliphatic carbocycles. The highest BCUT2D eigenvalue weighted by molar-refractivity contribution is 5.83. The molecule has 0 saturated carbocycles. The molecule has 2 N–H and O–H groups in total. The predicted molar refractivity (Wildman–Crippen MR) is 81.1 cm³/mol. The van der Waals surface area contributed by atoms with Crippen molar-refractivity contribution < 1.29 is 4.79 Å². The molecule has 1 fully saturated rings. The lowest BCUT2D eigenvalue weighted by molar-refractivity contribution is -0.133. The molecule has 0 radical (unpaired) electrons. The van der Waals surface area contributed by atoms with E-state index in [4.69, 9.17) is 0 Å². The minimum absolute atomic E-state index is 0.159. The van der Waals surface area contributed by atoms with Crippen LogP contribution in [-0.2, 0) is 4.79 Å². The number of nitrogens with one attached hydrogen (secondary N) is 2. The fourth-order valence-corrected chi connectivity index (χ4v) is 3.44. The van der Waals surface area contributed by atoms with E-state index in [1.807, 2.05) is 0 Å². The number of hydrogen-bond acceptors (Lipinski definition) is 2. The molecule has 1 rings (SSSR count). The van der Waals surface area contributed by atoms with E-state index in [9.17, 15) is 4.79 Å². The van der Waals surface area contributed by atoms with Crippen molar-refractivity contribution in [2.24, 2.45) is 11.3 Å². The van der Waals surface area contributed by atoms with Crippen LogP contribution in [-0.4, -0.2) is 25.0 Å². The Morgan fingerprint density at radius 1 is 1.32 bits per heavy atom. The average molecular weight is 268 g/mol. The smallest absolute Gasteiger partial charge is 0.227 e. The lowest BCUT2D eigenvalue weighted by Gasteiger charge is -2.38. The molecule has 3 nitrogen and oxygen atoms in total. The van der Waals surface area contributed by atoms with Gasteiger partial charge >= 0.3 is 0 Å². The Bertz CT molecular complexity index is 262. The normalized spacial score (nSPS) is 25.3. The van der Waals surface area contributed by atoms with Gasteiger partial charge < -0.3 is 10.6 Å². The molecule has 1 aliphatic rings. The SMILES string of the molecule is CCCC1(C(=O)NC(C)C(CC)CC)CCCNC1. The van der Waals surface area contributed by atoms with Gasteiger partial charge in [-0.25, -0.2) is 0 Å². The molecule has 1 amide bonds. The second-order valence-corrected chi connectivity index (χ2v) is 6.15. The fourth-order valence-electron chi connectivity index (χ4n) is 3.44. The average Bonchev–Trinajstić information content (AvgIpc) is 2.41. The maximum Gasteiger partial charge on any atom is 0.227 e. The van der Waals surface area contributed by atoms with E-state index in [0.717, 1.165) is 51.6 Å². The van der Waals surface area contributed by atoms with Gasteiger partial charge in [0.2, 0.25) is 5.91 Å². The number of rotatable bonds is 7. The lowest BCUT2D eigenvalue weighted by atomic mass is 9.75. The van der Waals surface area contributed by atoms with Crippen LogP contribution in [0.3, 0.4) is 0 Å². The molecule has 0 aromatic rings. The number of hydrogen-bond donors (Lipinski definition) is 2. The van der Waals surface area contributed by atoms with Gasteiger partial charge in [-0.05, 0) is 38.6 Å². The molecule has 0 aromatic heterocycles. The number of piperidine rings is 1. The molecule has 0 bridgehead atoms. The van der Waals surface area contributed by atoms with Gasteiger partial charge in [0.1, 0.15) is 0 Å². The first-order chi connectivity index (χ1) is 9.09. The van der Waals surface area contributed by atoms with Crippen molar-refractivity contribution in [3.05, 3.63) is 0 Å². The van der Waals surface area contributed by atoms with Crippen LogP contribution >= 0.6 is 0 Å². The molecule has 112 valence electrons. The first kappa shape index (κ1) is 16.5. The van der Waals surface area contributed by atoms with E-state index in [2.05, 4.69) is 38.3 Å². The third-order valence-corrected chi connectivity index (χ3v) is 4.80. The van der Waals surface area contributed by atoms with E-state index >= 15 is 0 Å². The van der Waals surface area contributed by atoms with Gasteiger partial charge in [-0.15, -0.1) is 0 Å². The molecule has 0 aromatic carbocycles. The molecule has 1 saturated heterocycles. The zero-order valence-corrected chi connectivity index (χ0v) is 13.2. The summed E-state index contributed by atoms with van der Waals surface area (Å²) in [7, 11) is 0. The van der Waals surface area contributed by atoms with Gasteiger partial charge in [-0.2, -0.15) is 0 Å². The summed E-state index contributed by atoms with van der Waals surface area (Å²) >= 11 is 0. The minimum Gasteiger partial charge on any atom is -0.353 e. The van der Waals surface area contributed by atoms with E-state index in [0.29, 0.717) is 5.92 Å². The van der Waals surface area contributed by atoms with E-state index < -0.39 is 0 Å². The zero-order valence-electron chi connectivity index (χ0n) is 13.2. The largest absolute Gasteiger partial charge is 0.353 e. The first-order valence-corrected chi connectivity index (χ1v) is 8.11. The van der Waals surface area contributed by atoms with Gasteiger partial charge in [0.15, 0.2) is 0 Å². The zero-order chi connectivity index (χ0) is 14.3. The third kappa shape index (κ3) is 4.20. The van der Waals surface area contributed by atoms with Crippen LogP contribution in [0.25, 0.3) is 0 Å². The number of carbonyl (C=O) groups excluding carboxylic acids is 1. The van der Waals surface area contributed by atoms with Gasteiger partial charge in [0, 0.05) is 12.6 Å². The van der Waals surface area contributed by atoms with Gasteiger partial charge in [0.05, 0.1) is 5.41 Å². The Hall–Kier alpha value is -0.570. The number of amides is 1. The van der Waals surface area contributed by atoms with Crippen LogP contribution in [0.4, 0.5) is 0 Å². The van der Waals surface area contributed by atoms with Crippen molar-refractivity contribution in [1.29, 1.82) is 0 Å². The topological polar surface area (TPSA) is 41.1 Å². The summed E-state index contributed by atoms with van der Waals surface area (Å²) in [6, 6.07) is 0.290. The van der Waals surface area contributed by atoms with Crippen LogP contribution in [0.2, 0.25) is 0 Å². The summed E-state index contributed by atoms with van der Waals surface area (Å²) in [5.41, 5.74) is -0.159. The highest BCUT2D eigenvalue weighted by Gasteiger charge is 2.39. The summed E-state index contributed by atoms with van der Waals surface area (Å²) in [5, 5.41) is 6.71. The molecular formula is C16H32N2O. The molecule has 2 atom stereocenters. The van der Waals surface area contributed by atoms with Crippen molar-refractivity contribution >= 4 is 5.91 Å². The van der Waals surface area contributed by atoms with Crippen molar-refractivity contribution in [3.8, 4) is 0 Å². The molecule has 19 heavy (non-hydrogen) atoms. The second-order valence-electron chi connectivity index (χ2n) is 6.15. The second kappa shape index (κ2) is 7.88. The summed E-state index contributed by atoms with van der Waals surface area (Å²) in [6.07, 6.45) is 6.51. The Morgan fingerprint density at radius 3 is 2.47 bits per heavy atom. The quantitative estimate of drug-likeness (QED) is 0.745. The third-order valence-electron chi connectivity index (χ3n) is 4.80. The van der Waals surface area contributed by atoms with Crippen molar-refractivity contribution in [2.45, 2.75) is 72.3 Å². The molecule has 3 heteroatoms. The maximum absolute atomic E-state index is 12.7. The molecule has 2 unspecified atom stereocenters. The Kier molecular flexibility index (Phi) is 6.84. The van der Waals surface area contributed by atoms with Crippen LogP contribution in [0.1, 0.15) is 66.2 Å². The number of carbonyl (C=O) groups is 1. The van der Waals surface area contributed by atoms with Crippen LogP contribution < -0.4 is 10.6 Å². The highest BCUT2D eigenvalue weighted by Crippen LogP contribution is 2.32. The van der Waals surface area contributed by atoms with Gasteiger partial charge in [-0.3, -0.25) is 4.79 Å². The summed E-state index contributed by atoms with van der Waals surface area (Å²) in [6.45, 7) is 10.7. The first-order valence-electron chi connectivity index (χ1n) is 8.11. The Morgan fingerprint density at radius 2 is 2.00 bits per heavy atom. The van der Waals surface area contributed by atoms with Crippen LogP contribution in [0.15, 0.2) is 0 Å². The minimum atomic E-state index is -0.159. The summed E-state index contributed by atoms with van der Waals surface area (Å²) < 4.78 is 0. The van der Waals surface area contributed by atoms with Gasteiger partial charge in [-0.1, -0.05) is 40.0 Å². The van der Waals surface area contributed by atoms with E-state index in [-0.39, 0.29) is 17.4 Å². The Balaban J connectivity index is 2.66. The Labute approximate surface area is 118 Å². The molecule has 1 aliphatic heterocycles. The monoisotopic (exact) mass is 268 g/mol. The standard InChI is InChI=1S/C16H32N2O/c1-5-9-16(10-8-11-17-12-16)15(19)18-13(4)14(6-2)7-3/h13-14,17H,5-12H2,1-4H3,(H,18,19). The highest BCUT2D eigenvalue weighted by atomic mass is 16.2.